The number of hydrogen-bond acceptors (Lipinski definition) is 4. The summed E-state index contributed by atoms with van der Waals surface area (Å²) in [4.78, 5) is 6.07. The molecule has 2 aliphatic rings. The Labute approximate surface area is 124 Å². The van der Waals surface area contributed by atoms with Crippen molar-refractivity contribution in [2.75, 3.05) is 26.2 Å². The van der Waals surface area contributed by atoms with Gasteiger partial charge in [-0.2, -0.15) is 4.31 Å². The summed E-state index contributed by atoms with van der Waals surface area (Å²) in [7, 11) is -3.82. The van der Waals surface area contributed by atoms with Crippen molar-refractivity contribution in [2.45, 2.75) is 36.8 Å². The van der Waals surface area contributed by atoms with Crippen LogP contribution in [0.3, 0.4) is 0 Å². The Balaban J connectivity index is 1.70. The van der Waals surface area contributed by atoms with Crippen molar-refractivity contribution in [1.82, 2.24) is 14.2 Å². The molecular formula is C14H20FN3O2S. The highest BCUT2D eigenvalue weighted by atomic mass is 32.2. The summed E-state index contributed by atoms with van der Waals surface area (Å²) in [6.45, 7) is 2.26. The van der Waals surface area contributed by atoms with Crippen molar-refractivity contribution in [3.05, 3.63) is 24.1 Å². The third-order valence-electron chi connectivity index (χ3n) is 4.42. The number of rotatable bonds is 3. The van der Waals surface area contributed by atoms with E-state index in [0.717, 1.165) is 19.2 Å². The molecule has 2 heterocycles. The first-order valence-electron chi connectivity index (χ1n) is 7.44. The maximum atomic E-state index is 13.7. The molecule has 1 aliphatic heterocycles. The fourth-order valence-electron chi connectivity index (χ4n) is 3.26. The van der Waals surface area contributed by atoms with Crippen molar-refractivity contribution < 1.29 is 12.8 Å². The molecule has 7 heteroatoms. The first-order chi connectivity index (χ1) is 10.1. The van der Waals surface area contributed by atoms with Crippen LogP contribution in [0.5, 0.6) is 0 Å². The van der Waals surface area contributed by atoms with E-state index < -0.39 is 20.9 Å². The van der Waals surface area contributed by atoms with E-state index in [-0.39, 0.29) is 0 Å². The number of pyridine rings is 1. The maximum Gasteiger partial charge on any atom is 0.263 e. The van der Waals surface area contributed by atoms with Crippen molar-refractivity contribution in [3.63, 3.8) is 0 Å². The highest BCUT2D eigenvalue weighted by molar-refractivity contribution is 7.89. The van der Waals surface area contributed by atoms with Crippen LogP contribution in [0.1, 0.15) is 25.7 Å². The summed E-state index contributed by atoms with van der Waals surface area (Å²) in [5.74, 6) is -0.782. The van der Waals surface area contributed by atoms with Crippen LogP contribution in [-0.2, 0) is 10.0 Å². The third kappa shape index (κ3) is 2.95. The minimum atomic E-state index is -3.82. The molecule has 0 radical (unpaired) electrons. The molecule has 3 rings (SSSR count). The average molecular weight is 313 g/mol. The van der Waals surface area contributed by atoms with Gasteiger partial charge in [-0.1, -0.05) is 12.8 Å². The molecule has 2 fully saturated rings. The molecule has 0 aromatic carbocycles. The number of hydrogen-bond donors (Lipinski definition) is 0. The number of sulfonamides is 1. The zero-order valence-corrected chi connectivity index (χ0v) is 12.7. The first kappa shape index (κ1) is 14.9. The quantitative estimate of drug-likeness (QED) is 0.848. The minimum absolute atomic E-state index is 0.412. The van der Waals surface area contributed by atoms with E-state index >= 15 is 0 Å². The number of aromatic nitrogens is 1. The van der Waals surface area contributed by atoms with Gasteiger partial charge < -0.3 is 0 Å². The zero-order valence-electron chi connectivity index (χ0n) is 11.9. The molecule has 116 valence electrons. The minimum Gasteiger partial charge on any atom is -0.298 e. The Morgan fingerprint density at radius 2 is 1.81 bits per heavy atom. The van der Waals surface area contributed by atoms with Gasteiger partial charge in [-0.3, -0.25) is 4.90 Å². The van der Waals surface area contributed by atoms with Crippen LogP contribution >= 0.6 is 0 Å². The summed E-state index contributed by atoms with van der Waals surface area (Å²) >= 11 is 0. The van der Waals surface area contributed by atoms with Gasteiger partial charge in [0.1, 0.15) is 0 Å². The monoisotopic (exact) mass is 313 g/mol. The lowest BCUT2D eigenvalue weighted by Gasteiger charge is -2.37. The SMILES string of the molecule is O=S(=O)(c1ncccc1F)N1CCN(C2CCCC2)CC1. The lowest BCUT2D eigenvalue weighted by molar-refractivity contribution is 0.138. The Morgan fingerprint density at radius 3 is 2.43 bits per heavy atom. The summed E-state index contributed by atoms with van der Waals surface area (Å²) in [6, 6.07) is 3.13. The van der Waals surface area contributed by atoms with E-state index in [1.807, 2.05) is 0 Å². The van der Waals surface area contributed by atoms with Gasteiger partial charge in [0, 0.05) is 38.4 Å². The van der Waals surface area contributed by atoms with Crippen LogP contribution < -0.4 is 0 Å². The van der Waals surface area contributed by atoms with Gasteiger partial charge in [0.25, 0.3) is 10.0 Å². The fraction of sp³-hybridized carbons (Fsp3) is 0.643. The Bertz CT molecular complexity index is 594. The molecule has 0 N–H and O–H groups in total. The molecule has 1 aliphatic carbocycles. The fourth-order valence-corrected chi connectivity index (χ4v) is 4.66. The van der Waals surface area contributed by atoms with Crippen LogP contribution in [0.25, 0.3) is 0 Å². The molecule has 0 amide bonds. The van der Waals surface area contributed by atoms with E-state index in [2.05, 4.69) is 9.88 Å². The molecule has 1 aromatic rings. The van der Waals surface area contributed by atoms with Gasteiger partial charge >= 0.3 is 0 Å². The zero-order chi connectivity index (χ0) is 14.9. The molecule has 1 saturated heterocycles. The van der Waals surface area contributed by atoms with Gasteiger partial charge in [-0.05, 0) is 25.0 Å². The highest BCUT2D eigenvalue weighted by Gasteiger charge is 2.33. The lowest BCUT2D eigenvalue weighted by atomic mass is 10.2. The second kappa shape index (κ2) is 5.98. The predicted molar refractivity (Wildman–Crippen MR) is 76.8 cm³/mol. The van der Waals surface area contributed by atoms with Crippen LogP contribution in [0.4, 0.5) is 4.39 Å². The Hall–Kier alpha value is -1.05. The molecular weight excluding hydrogens is 293 g/mol. The molecule has 0 spiro atoms. The van der Waals surface area contributed by atoms with Gasteiger partial charge in [0.15, 0.2) is 5.82 Å². The molecule has 1 aromatic heterocycles. The normalized spacial score (nSPS) is 22.7. The second-order valence-corrected chi connectivity index (χ2v) is 7.52. The van der Waals surface area contributed by atoms with Gasteiger partial charge in [0.05, 0.1) is 0 Å². The van der Waals surface area contributed by atoms with Crippen LogP contribution in [0, 0.1) is 5.82 Å². The Morgan fingerprint density at radius 1 is 1.14 bits per heavy atom. The van der Waals surface area contributed by atoms with Crippen molar-refractivity contribution in [1.29, 1.82) is 0 Å². The molecule has 21 heavy (non-hydrogen) atoms. The third-order valence-corrected chi connectivity index (χ3v) is 6.26. The van der Waals surface area contributed by atoms with Crippen LogP contribution in [0.15, 0.2) is 23.4 Å². The maximum absolute atomic E-state index is 13.7. The molecule has 0 atom stereocenters. The van der Waals surface area contributed by atoms with Gasteiger partial charge in [0.2, 0.25) is 5.03 Å². The van der Waals surface area contributed by atoms with E-state index in [1.165, 1.54) is 42.3 Å². The van der Waals surface area contributed by atoms with E-state index in [0.29, 0.717) is 19.1 Å². The highest BCUT2D eigenvalue weighted by Crippen LogP contribution is 2.25. The molecule has 5 nitrogen and oxygen atoms in total. The van der Waals surface area contributed by atoms with E-state index in [1.54, 1.807) is 0 Å². The average Bonchev–Trinajstić information content (AvgIpc) is 3.02. The second-order valence-electron chi connectivity index (χ2n) is 5.67. The summed E-state index contributed by atoms with van der Waals surface area (Å²) < 4.78 is 39.9. The predicted octanol–water partition coefficient (Wildman–Crippen LogP) is 1.47. The molecule has 0 unspecified atom stereocenters. The summed E-state index contributed by atoms with van der Waals surface area (Å²) in [6.07, 6.45) is 6.26. The molecule has 0 bridgehead atoms. The summed E-state index contributed by atoms with van der Waals surface area (Å²) in [5, 5.41) is -0.459. The number of halogens is 1. The van der Waals surface area contributed by atoms with Crippen molar-refractivity contribution in [3.8, 4) is 0 Å². The van der Waals surface area contributed by atoms with E-state index in [4.69, 9.17) is 0 Å². The standard InChI is InChI=1S/C14H20FN3O2S/c15-13-6-3-7-16-14(13)21(19,20)18-10-8-17(9-11-18)12-4-1-2-5-12/h3,6-7,12H,1-2,4-5,8-11H2. The topological polar surface area (TPSA) is 53.5 Å². The lowest BCUT2D eigenvalue weighted by Crippen LogP contribution is -2.51. The number of nitrogens with zero attached hydrogens (tertiary/aromatic N) is 3. The van der Waals surface area contributed by atoms with Crippen molar-refractivity contribution in [2.24, 2.45) is 0 Å². The van der Waals surface area contributed by atoms with Gasteiger partial charge in [-0.25, -0.2) is 17.8 Å². The first-order valence-corrected chi connectivity index (χ1v) is 8.88. The van der Waals surface area contributed by atoms with Crippen LogP contribution in [0.2, 0.25) is 0 Å². The Kier molecular flexibility index (Phi) is 4.24. The smallest absolute Gasteiger partial charge is 0.263 e. The van der Waals surface area contributed by atoms with E-state index in [9.17, 15) is 12.8 Å². The van der Waals surface area contributed by atoms with Gasteiger partial charge in [-0.15, -0.1) is 0 Å². The summed E-state index contributed by atoms with van der Waals surface area (Å²) in [5.41, 5.74) is 0. The molecule has 1 saturated carbocycles. The van der Waals surface area contributed by atoms with Crippen LogP contribution in [-0.4, -0.2) is 54.8 Å². The largest absolute Gasteiger partial charge is 0.298 e. The van der Waals surface area contributed by atoms with Crippen molar-refractivity contribution >= 4 is 10.0 Å². The number of piperazine rings is 1.